The number of aryl methyl sites for hydroxylation is 1. The number of aromatic nitrogens is 1. The van der Waals surface area contributed by atoms with Gasteiger partial charge in [0.05, 0.1) is 14.2 Å². The van der Waals surface area contributed by atoms with Gasteiger partial charge in [-0.1, -0.05) is 6.92 Å². The van der Waals surface area contributed by atoms with Gasteiger partial charge in [-0.15, -0.1) is 0 Å². The van der Waals surface area contributed by atoms with Crippen molar-refractivity contribution in [2.24, 2.45) is 0 Å². The molecule has 1 aromatic heterocycles. The van der Waals surface area contributed by atoms with Crippen molar-refractivity contribution < 1.29 is 9.47 Å². The van der Waals surface area contributed by atoms with Crippen molar-refractivity contribution in [1.29, 1.82) is 0 Å². The van der Waals surface area contributed by atoms with E-state index in [0.29, 0.717) is 0 Å². The lowest BCUT2D eigenvalue weighted by molar-refractivity contribution is 0.415. The number of fused-ring (bicyclic) bond motifs is 1. The van der Waals surface area contributed by atoms with Crippen LogP contribution in [-0.4, -0.2) is 18.8 Å². The maximum absolute atomic E-state index is 5.34. The molecule has 0 unspecified atom stereocenters. The van der Waals surface area contributed by atoms with Gasteiger partial charge in [0, 0.05) is 23.1 Å². The van der Waals surface area contributed by atoms with Gasteiger partial charge in [-0.05, 0) is 60.5 Å². The fourth-order valence-corrected chi connectivity index (χ4v) is 2.84. The van der Waals surface area contributed by atoms with E-state index in [-0.39, 0.29) is 0 Å². The van der Waals surface area contributed by atoms with Crippen LogP contribution in [0.4, 0.5) is 0 Å². The van der Waals surface area contributed by atoms with Gasteiger partial charge in [-0.25, -0.2) is 0 Å². The Morgan fingerprint density at radius 3 is 2.18 bits per heavy atom. The van der Waals surface area contributed by atoms with Gasteiger partial charge in [0.1, 0.15) is 11.5 Å². The van der Waals surface area contributed by atoms with Crippen LogP contribution in [-0.2, 0) is 6.54 Å². The summed E-state index contributed by atoms with van der Waals surface area (Å²) in [5.41, 5.74) is 3.67. The molecule has 0 saturated heterocycles. The molecule has 3 aromatic rings. The Balaban J connectivity index is 2.15. The van der Waals surface area contributed by atoms with Gasteiger partial charge in [0.2, 0.25) is 0 Å². The summed E-state index contributed by atoms with van der Waals surface area (Å²) in [7, 11) is 3.39. The molecule has 0 fully saturated rings. The van der Waals surface area contributed by atoms with Gasteiger partial charge >= 0.3 is 0 Å². The maximum atomic E-state index is 5.34. The molecule has 2 aromatic carbocycles. The topological polar surface area (TPSA) is 23.4 Å². The minimum atomic E-state index is 0.878. The van der Waals surface area contributed by atoms with Crippen molar-refractivity contribution in [1.82, 2.24) is 4.57 Å². The van der Waals surface area contributed by atoms with Crippen LogP contribution in [0.15, 0.2) is 48.5 Å². The lowest BCUT2D eigenvalue weighted by Crippen LogP contribution is -1.99. The third kappa shape index (κ3) is 2.54. The fourth-order valence-electron chi connectivity index (χ4n) is 2.84. The highest BCUT2D eigenvalue weighted by molar-refractivity contribution is 5.88. The second-order valence-corrected chi connectivity index (χ2v) is 5.33. The standard InChI is InChI=1S/C19H21NO2/c1-4-11-20-18-10-9-17(22-3)12-15(18)13-19(20)14-5-7-16(21-2)8-6-14/h5-10,12-13H,4,11H2,1-3H3. The summed E-state index contributed by atoms with van der Waals surface area (Å²) in [6.07, 6.45) is 1.10. The number of hydrogen-bond donors (Lipinski definition) is 0. The summed E-state index contributed by atoms with van der Waals surface area (Å²) in [6, 6.07) is 16.7. The van der Waals surface area contributed by atoms with E-state index in [9.17, 15) is 0 Å². The normalized spacial score (nSPS) is 10.9. The molecular formula is C19H21NO2. The van der Waals surface area contributed by atoms with E-state index in [0.717, 1.165) is 24.5 Å². The average Bonchev–Trinajstić information content (AvgIpc) is 2.93. The van der Waals surface area contributed by atoms with Crippen molar-refractivity contribution in [2.45, 2.75) is 19.9 Å². The molecule has 0 amide bonds. The van der Waals surface area contributed by atoms with Crippen molar-refractivity contribution in [3.05, 3.63) is 48.5 Å². The predicted molar refractivity (Wildman–Crippen MR) is 90.8 cm³/mol. The number of methoxy groups -OCH3 is 2. The molecule has 0 aliphatic carbocycles. The Labute approximate surface area is 131 Å². The zero-order valence-corrected chi connectivity index (χ0v) is 13.3. The molecule has 3 heteroatoms. The molecule has 3 rings (SSSR count). The molecule has 0 bridgehead atoms. The third-order valence-electron chi connectivity index (χ3n) is 3.94. The first-order valence-corrected chi connectivity index (χ1v) is 7.58. The zero-order valence-electron chi connectivity index (χ0n) is 13.3. The van der Waals surface area contributed by atoms with Crippen LogP contribution in [0.2, 0.25) is 0 Å². The van der Waals surface area contributed by atoms with Gasteiger partial charge in [-0.3, -0.25) is 0 Å². The molecule has 3 nitrogen and oxygen atoms in total. The molecule has 22 heavy (non-hydrogen) atoms. The Kier molecular flexibility index (Phi) is 4.05. The Morgan fingerprint density at radius 2 is 1.55 bits per heavy atom. The predicted octanol–water partition coefficient (Wildman–Crippen LogP) is 4.74. The minimum Gasteiger partial charge on any atom is -0.497 e. The first-order valence-electron chi connectivity index (χ1n) is 7.58. The monoisotopic (exact) mass is 295 g/mol. The van der Waals surface area contributed by atoms with Crippen LogP contribution < -0.4 is 9.47 Å². The Morgan fingerprint density at radius 1 is 0.864 bits per heavy atom. The summed E-state index contributed by atoms with van der Waals surface area (Å²) < 4.78 is 13.0. The van der Waals surface area contributed by atoms with Crippen LogP contribution >= 0.6 is 0 Å². The maximum Gasteiger partial charge on any atom is 0.119 e. The smallest absolute Gasteiger partial charge is 0.119 e. The van der Waals surface area contributed by atoms with E-state index < -0.39 is 0 Å². The lowest BCUT2D eigenvalue weighted by Gasteiger charge is -2.10. The highest BCUT2D eigenvalue weighted by atomic mass is 16.5. The summed E-state index contributed by atoms with van der Waals surface area (Å²) >= 11 is 0. The van der Waals surface area contributed by atoms with E-state index in [1.54, 1.807) is 14.2 Å². The van der Waals surface area contributed by atoms with Crippen LogP contribution in [0.1, 0.15) is 13.3 Å². The molecule has 0 aliphatic heterocycles. The zero-order chi connectivity index (χ0) is 15.5. The molecule has 1 heterocycles. The van der Waals surface area contributed by atoms with Crippen LogP contribution in [0.3, 0.4) is 0 Å². The van der Waals surface area contributed by atoms with Crippen LogP contribution in [0.5, 0.6) is 11.5 Å². The van der Waals surface area contributed by atoms with E-state index in [2.05, 4.69) is 41.8 Å². The van der Waals surface area contributed by atoms with Crippen LogP contribution in [0.25, 0.3) is 22.2 Å². The first-order chi connectivity index (χ1) is 10.8. The minimum absolute atomic E-state index is 0.878. The molecule has 0 radical (unpaired) electrons. The van der Waals surface area contributed by atoms with E-state index >= 15 is 0 Å². The van der Waals surface area contributed by atoms with Gasteiger partial charge in [-0.2, -0.15) is 0 Å². The van der Waals surface area contributed by atoms with Crippen molar-refractivity contribution in [3.8, 4) is 22.8 Å². The SMILES string of the molecule is CCCn1c(-c2ccc(OC)cc2)cc2cc(OC)ccc21. The average molecular weight is 295 g/mol. The van der Waals surface area contributed by atoms with Crippen molar-refractivity contribution in [3.63, 3.8) is 0 Å². The van der Waals surface area contributed by atoms with Gasteiger partial charge in [0.25, 0.3) is 0 Å². The highest BCUT2D eigenvalue weighted by Gasteiger charge is 2.11. The Bertz CT molecular complexity index is 772. The number of hydrogen-bond acceptors (Lipinski definition) is 2. The van der Waals surface area contributed by atoms with E-state index in [1.165, 1.54) is 22.2 Å². The Hall–Kier alpha value is -2.42. The second-order valence-electron chi connectivity index (χ2n) is 5.33. The van der Waals surface area contributed by atoms with E-state index in [1.807, 2.05) is 18.2 Å². The number of nitrogens with zero attached hydrogens (tertiary/aromatic N) is 1. The molecular weight excluding hydrogens is 274 g/mol. The molecule has 0 spiro atoms. The molecule has 0 aliphatic rings. The highest BCUT2D eigenvalue weighted by Crippen LogP contribution is 2.31. The van der Waals surface area contributed by atoms with Crippen molar-refractivity contribution >= 4 is 10.9 Å². The quantitative estimate of drug-likeness (QED) is 0.679. The number of rotatable bonds is 5. The van der Waals surface area contributed by atoms with Gasteiger partial charge < -0.3 is 14.0 Å². The van der Waals surface area contributed by atoms with E-state index in [4.69, 9.17) is 9.47 Å². The van der Waals surface area contributed by atoms with Gasteiger partial charge in [0.15, 0.2) is 0 Å². The summed E-state index contributed by atoms with van der Waals surface area (Å²) in [5.74, 6) is 1.77. The fraction of sp³-hybridized carbons (Fsp3) is 0.263. The number of benzene rings is 2. The summed E-state index contributed by atoms with van der Waals surface area (Å²) in [5, 5.41) is 1.21. The first kappa shape index (κ1) is 14.5. The number of ether oxygens (including phenoxy) is 2. The molecule has 0 atom stereocenters. The largest absolute Gasteiger partial charge is 0.497 e. The molecule has 114 valence electrons. The third-order valence-corrected chi connectivity index (χ3v) is 3.94. The van der Waals surface area contributed by atoms with Crippen LogP contribution in [0, 0.1) is 0 Å². The summed E-state index contributed by atoms with van der Waals surface area (Å²) in [4.78, 5) is 0. The molecule has 0 N–H and O–H groups in total. The molecule has 0 saturated carbocycles. The second kappa shape index (κ2) is 6.14. The lowest BCUT2D eigenvalue weighted by atomic mass is 10.1. The van der Waals surface area contributed by atoms with Crippen molar-refractivity contribution in [2.75, 3.05) is 14.2 Å². The summed E-state index contributed by atoms with van der Waals surface area (Å²) in [6.45, 7) is 3.20.